The van der Waals surface area contributed by atoms with Gasteiger partial charge in [0.1, 0.15) is 0 Å². The summed E-state index contributed by atoms with van der Waals surface area (Å²) in [6, 6.07) is 8.55. The number of benzene rings is 1. The molecule has 1 aromatic rings. The second-order valence-electron chi connectivity index (χ2n) is 7.29. The lowest BCUT2D eigenvalue weighted by atomic mass is 9.95. The Balaban J connectivity index is 2.67. The molecule has 0 aliphatic heterocycles. The molecule has 1 aromatic carbocycles. The highest BCUT2D eigenvalue weighted by atomic mass is 16.2. The van der Waals surface area contributed by atoms with Crippen LogP contribution in [-0.2, 0) is 17.6 Å². The average molecular weight is 290 g/mol. The zero-order valence-electron chi connectivity index (χ0n) is 14.1. The molecule has 0 saturated carbocycles. The zero-order valence-corrected chi connectivity index (χ0v) is 14.1. The van der Waals surface area contributed by atoms with E-state index in [1.807, 2.05) is 20.8 Å². The molecule has 0 aromatic heterocycles. The lowest BCUT2D eigenvalue weighted by Gasteiger charge is -2.24. The molecule has 0 heterocycles. The molecule has 0 radical (unpaired) electrons. The largest absolute Gasteiger partial charge is 0.351 e. The quantitative estimate of drug-likeness (QED) is 0.846. The molecule has 0 bridgehead atoms. The molecule has 1 atom stereocenters. The number of carbonyl (C=O) groups is 1. The summed E-state index contributed by atoms with van der Waals surface area (Å²) in [5.74, 6) is 0.529. The Morgan fingerprint density at radius 2 is 1.57 bits per heavy atom. The van der Waals surface area contributed by atoms with E-state index in [9.17, 15) is 4.79 Å². The van der Waals surface area contributed by atoms with E-state index in [-0.39, 0.29) is 17.4 Å². The van der Waals surface area contributed by atoms with Gasteiger partial charge in [0, 0.05) is 12.1 Å². The third-order valence-electron chi connectivity index (χ3n) is 3.30. The SMILES string of the molecule is CC(C)Cc1ccc(CC(CN)C(=O)NC(C)(C)C)cc1. The third-order valence-corrected chi connectivity index (χ3v) is 3.30. The molecular weight excluding hydrogens is 260 g/mol. The Hall–Kier alpha value is -1.35. The molecule has 0 aliphatic carbocycles. The molecule has 118 valence electrons. The van der Waals surface area contributed by atoms with Crippen molar-refractivity contribution in [2.75, 3.05) is 6.54 Å². The lowest BCUT2D eigenvalue weighted by Crippen LogP contribution is -2.46. The van der Waals surface area contributed by atoms with Crippen LogP contribution in [0.15, 0.2) is 24.3 Å². The molecule has 21 heavy (non-hydrogen) atoms. The minimum atomic E-state index is -0.217. The number of amides is 1. The maximum atomic E-state index is 12.2. The molecule has 0 fully saturated rings. The molecule has 1 amide bonds. The number of rotatable bonds is 6. The van der Waals surface area contributed by atoms with Crippen molar-refractivity contribution >= 4 is 5.91 Å². The number of carbonyl (C=O) groups excluding carboxylic acids is 1. The first-order valence-electron chi connectivity index (χ1n) is 7.81. The van der Waals surface area contributed by atoms with Gasteiger partial charge in [0.25, 0.3) is 0 Å². The van der Waals surface area contributed by atoms with E-state index in [1.54, 1.807) is 0 Å². The Kier molecular flexibility index (Phi) is 6.41. The van der Waals surface area contributed by atoms with Crippen LogP contribution in [0.2, 0.25) is 0 Å². The van der Waals surface area contributed by atoms with Crippen LogP contribution in [0.4, 0.5) is 0 Å². The average Bonchev–Trinajstić information content (AvgIpc) is 2.35. The molecular formula is C18H30N2O. The monoisotopic (exact) mass is 290 g/mol. The van der Waals surface area contributed by atoms with Crippen LogP contribution in [0.5, 0.6) is 0 Å². The van der Waals surface area contributed by atoms with Crippen LogP contribution in [-0.4, -0.2) is 18.0 Å². The second-order valence-corrected chi connectivity index (χ2v) is 7.29. The van der Waals surface area contributed by atoms with E-state index < -0.39 is 0 Å². The van der Waals surface area contributed by atoms with Gasteiger partial charge in [0.05, 0.1) is 5.92 Å². The van der Waals surface area contributed by atoms with Gasteiger partial charge in [0.15, 0.2) is 0 Å². The number of nitrogens with two attached hydrogens (primary N) is 1. The number of nitrogens with one attached hydrogen (secondary N) is 1. The van der Waals surface area contributed by atoms with Crippen LogP contribution < -0.4 is 11.1 Å². The topological polar surface area (TPSA) is 55.1 Å². The highest BCUT2D eigenvalue weighted by molar-refractivity contribution is 5.79. The fraction of sp³-hybridized carbons (Fsp3) is 0.611. The smallest absolute Gasteiger partial charge is 0.225 e. The van der Waals surface area contributed by atoms with Gasteiger partial charge in [-0.3, -0.25) is 4.79 Å². The van der Waals surface area contributed by atoms with Crippen molar-refractivity contribution in [2.24, 2.45) is 17.6 Å². The zero-order chi connectivity index (χ0) is 16.0. The predicted molar refractivity (Wildman–Crippen MR) is 89.1 cm³/mol. The predicted octanol–water partition coefficient (Wildman–Crippen LogP) is 2.92. The Bertz CT molecular complexity index is 443. The molecule has 1 rings (SSSR count). The first-order chi connectivity index (χ1) is 9.71. The fourth-order valence-corrected chi connectivity index (χ4v) is 2.32. The van der Waals surface area contributed by atoms with Crippen molar-refractivity contribution < 1.29 is 4.79 Å². The van der Waals surface area contributed by atoms with Crippen molar-refractivity contribution in [3.8, 4) is 0 Å². The van der Waals surface area contributed by atoms with Crippen LogP contribution in [0.3, 0.4) is 0 Å². The van der Waals surface area contributed by atoms with E-state index in [2.05, 4.69) is 43.4 Å². The van der Waals surface area contributed by atoms with E-state index in [4.69, 9.17) is 5.73 Å². The number of hydrogen-bond donors (Lipinski definition) is 2. The van der Waals surface area contributed by atoms with Crippen LogP contribution in [0.1, 0.15) is 45.7 Å². The van der Waals surface area contributed by atoms with Crippen LogP contribution >= 0.6 is 0 Å². The summed E-state index contributed by atoms with van der Waals surface area (Å²) >= 11 is 0. The molecule has 1 unspecified atom stereocenters. The molecule has 0 aliphatic rings. The molecule has 0 spiro atoms. The Morgan fingerprint density at radius 3 is 1.95 bits per heavy atom. The van der Waals surface area contributed by atoms with Gasteiger partial charge in [-0.2, -0.15) is 0 Å². The first kappa shape index (κ1) is 17.7. The van der Waals surface area contributed by atoms with Gasteiger partial charge in [0.2, 0.25) is 5.91 Å². The summed E-state index contributed by atoms with van der Waals surface area (Å²) in [6.45, 7) is 10.8. The molecule has 3 N–H and O–H groups in total. The summed E-state index contributed by atoms with van der Waals surface area (Å²) < 4.78 is 0. The maximum Gasteiger partial charge on any atom is 0.225 e. The first-order valence-corrected chi connectivity index (χ1v) is 7.81. The van der Waals surface area contributed by atoms with E-state index in [0.29, 0.717) is 18.9 Å². The van der Waals surface area contributed by atoms with Crippen molar-refractivity contribution in [2.45, 2.75) is 53.0 Å². The summed E-state index contributed by atoms with van der Waals surface area (Å²) in [5.41, 5.74) is 8.07. The Morgan fingerprint density at radius 1 is 1.10 bits per heavy atom. The summed E-state index contributed by atoms with van der Waals surface area (Å²) in [6.07, 6.45) is 1.78. The van der Waals surface area contributed by atoms with Gasteiger partial charge in [-0.15, -0.1) is 0 Å². The van der Waals surface area contributed by atoms with E-state index in [0.717, 1.165) is 6.42 Å². The summed E-state index contributed by atoms with van der Waals surface area (Å²) in [4.78, 5) is 12.2. The minimum Gasteiger partial charge on any atom is -0.351 e. The summed E-state index contributed by atoms with van der Waals surface area (Å²) in [7, 11) is 0. The van der Waals surface area contributed by atoms with Crippen molar-refractivity contribution in [3.05, 3.63) is 35.4 Å². The maximum absolute atomic E-state index is 12.2. The summed E-state index contributed by atoms with van der Waals surface area (Å²) in [5, 5.41) is 3.01. The normalized spacial score (nSPS) is 13.3. The second kappa shape index (κ2) is 7.60. The highest BCUT2D eigenvalue weighted by Crippen LogP contribution is 2.14. The van der Waals surface area contributed by atoms with Gasteiger partial charge in [-0.05, 0) is 50.7 Å². The molecule has 0 saturated heterocycles. The minimum absolute atomic E-state index is 0.0382. The van der Waals surface area contributed by atoms with Gasteiger partial charge >= 0.3 is 0 Å². The van der Waals surface area contributed by atoms with Crippen LogP contribution in [0.25, 0.3) is 0 Å². The van der Waals surface area contributed by atoms with Crippen molar-refractivity contribution in [1.82, 2.24) is 5.32 Å². The molecule has 3 nitrogen and oxygen atoms in total. The number of hydrogen-bond acceptors (Lipinski definition) is 2. The van der Waals surface area contributed by atoms with Gasteiger partial charge in [-0.1, -0.05) is 38.1 Å². The highest BCUT2D eigenvalue weighted by Gasteiger charge is 2.21. The Labute approximate surface area is 129 Å². The molecule has 3 heteroatoms. The van der Waals surface area contributed by atoms with Gasteiger partial charge < -0.3 is 11.1 Å². The fourth-order valence-electron chi connectivity index (χ4n) is 2.32. The van der Waals surface area contributed by atoms with E-state index in [1.165, 1.54) is 11.1 Å². The third kappa shape index (κ3) is 6.76. The van der Waals surface area contributed by atoms with Crippen LogP contribution in [0, 0.1) is 11.8 Å². The van der Waals surface area contributed by atoms with Crippen molar-refractivity contribution in [1.29, 1.82) is 0 Å². The van der Waals surface area contributed by atoms with E-state index >= 15 is 0 Å². The lowest BCUT2D eigenvalue weighted by molar-refractivity contribution is -0.126. The van der Waals surface area contributed by atoms with Gasteiger partial charge in [-0.25, -0.2) is 0 Å². The van der Waals surface area contributed by atoms with Crippen molar-refractivity contribution in [3.63, 3.8) is 0 Å². The standard InChI is InChI=1S/C18H30N2O/c1-13(2)10-14-6-8-15(9-7-14)11-16(12-19)17(21)20-18(3,4)5/h6-9,13,16H,10-12,19H2,1-5H3,(H,20,21).